The van der Waals surface area contributed by atoms with Crippen LogP contribution >= 0.6 is 0 Å². The van der Waals surface area contributed by atoms with Gasteiger partial charge in [0.2, 0.25) is 0 Å². The number of hydrogen-bond donors (Lipinski definition) is 0. The molecule has 8 heteroatoms. The molecule has 0 N–H and O–H groups in total. The average Bonchev–Trinajstić information content (AvgIpc) is 3.06. The first kappa shape index (κ1) is 22.6. The summed E-state index contributed by atoms with van der Waals surface area (Å²) in [6.07, 6.45) is 2.31. The van der Waals surface area contributed by atoms with Crippen molar-refractivity contribution in [1.82, 2.24) is 9.88 Å². The van der Waals surface area contributed by atoms with Gasteiger partial charge >= 0.3 is 6.09 Å². The van der Waals surface area contributed by atoms with Crippen LogP contribution in [0.2, 0.25) is 0 Å². The van der Waals surface area contributed by atoms with Gasteiger partial charge in [0, 0.05) is 37.0 Å². The minimum Gasteiger partial charge on any atom is -0.493 e. The number of aromatic nitrogens is 1. The molecule has 2 aromatic rings. The fourth-order valence-electron chi connectivity index (χ4n) is 4.50. The van der Waals surface area contributed by atoms with E-state index >= 15 is 0 Å². The number of piperidine rings is 1. The predicted molar refractivity (Wildman–Crippen MR) is 121 cm³/mol. The molecule has 1 saturated carbocycles. The lowest BCUT2D eigenvalue weighted by molar-refractivity contribution is 0.0246. The van der Waals surface area contributed by atoms with Crippen LogP contribution in [0.1, 0.15) is 27.7 Å². The third kappa shape index (κ3) is 4.60. The molecule has 172 valence electrons. The number of carbonyl (C=O) groups excluding carboxylic acids is 1. The van der Waals surface area contributed by atoms with E-state index in [0.717, 1.165) is 11.3 Å². The third-order valence-electron chi connectivity index (χ3n) is 6.42. The maximum absolute atomic E-state index is 12.3. The Kier molecular flexibility index (Phi) is 5.48. The summed E-state index contributed by atoms with van der Waals surface area (Å²) in [6.45, 7) is 9.89. The van der Waals surface area contributed by atoms with E-state index in [9.17, 15) is 13.2 Å². The normalized spacial score (nSPS) is 24.7. The van der Waals surface area contributed by atoms with Crippen molar-refractivity contribution in [3.8, 4) is 17.0 Å². The second-order valence-electron chi connectivity index (χ2n) is 10.1. The maximum atomic E-state index is 12.3. The summed E-state index contributed by atoms with van der Waals surface area (Å²) in [6, 6.07) is 10.9. The Morgan fingerprint density at radius 2 is 1.88 bits per heavy atom. The molecule has 0 spiro atoms. The summed E-state index contributed by atoms with van der Waals surface area (Å²) < 4.78 is 34.7. The lowest BCUT2D eigenvalue weighted by atomic mass is 10.1. The topological polar surface area (TPSA) is 85.8 Å². The lowest BCUT2D eigenvalue weighted by Gasteiger charge is -2.27. The number of rotatable bonds is 5. The maximum Gasteiger partial charge on any atom is 0.410 e. The largest absolute Gasteiger partial charge is 0.493 e. The summed E-state index contributed by atoms with van der Waals surface area (Å²) in [5, 5.41) is 0. The van der Waals surface area contributed by atoms with Gasteiger partial charge < -0.3 is 14.4 Å². The molecule has 32 heavy (non-hydrogen) atoms. The molecular formula is C24H30N2O5S. The number of ether oxygens (including phenoxy) is 2. The molecular weight excluding hydrogens is 428 g/mol. The van der Waals surface area contributed by atoms with Crippen molar-refractivity contribution in [2.24, 2.45) is 17.3 Å². The van der Waals surface area contributed by atoms with E-state index in [0.29, 0.717) is 37.2 Å². The van der Waals surface area contributed by atoms with E-state index in [1.165, 1.54) is 12.5 Å². The molecule has 1 aliphatic heterocycles. The molecule has 1 aromatic heterocycles. The van der Waals surface area contributed by atoms with Gasteiger partial charge in [-0.15, -0.1) is 0 Å². The second kappa shape index (κ2) is 7.76. The molecule has 1 saturated heterocycles. The highest BCUT2D eigenvalue weighted by Crippen LogP contribution is 2.63. The molecule has 0 bridgehead atoms. The van der Waals surface area contributed by atoms with Crippen LogP contribution in [0.5, 0.6) is 5.75 Å². The molecule has 1 aromatic carbocycles. The van der Waals surface area contributed by atoms with Gasteiger partial charge in [0.15, 0.2) is 9.84 Å². The van der Waals surface area contributed by atoms with Crippen molar-refractivity contribution >= 4 is 15.9 Å². The molecule has 1 aliphatic carbocycles. The number of likely N-dealkylation sites (tertiary alicyclic amines) is 1. The summed E-state index contributed by atoms with van der Waals surface area (Å²) in [5.74, 6) is 1.64. The van der Waals surface area contributed by atoms with Gasteiger partial charge in [-0.2, -0.15) is 0 Å². The number of pyridine rings is 1. The van der Waals surface area contributed by atoms with Crippen LogP contribution in [-0.4, -0.2) is 55.9 Å². The summed E-state index contributed by atoms with van der Waals surface area (Å²) in [4.78, 5) is 18.6. The number of fused-ring (bicyclic) bond motifs is 1. The van der Waals surface area contributed by atoms with Gasteiger partial charge in [0.25, 0.3) is 0 Å². The van der Waals surface area contributed by atoms with Gasteiger partial charge in [-0.1, -0.05) is 6.92 Å². The molecule has 3 unspecified atom stereocenters. The van der Waals surface area contributed by atoms with Gasteiger partial charge in [-0.25, -0.2) is 13.2 Å². The van der Waals surface area contributed by atoms with E-state index in [1.54, 1.807) is 12.1 Å². The third-order valence-corrected chi connectivity index (χ3v) is 7.51. The zero-order valence-corrected chi connectivity index (χ0v) is 20.0. The van der Waals surface area contributed by atoms with Crippen LogP contribution in [0.25, 0.3) is 11.3 Å². The van der Waals surface area contributed by atoms with Crippen molar-refractivity contribution in [2.75, 3.05) is 26.0 Å². The lowest BCUT2D eigenvalue weighted by Crippen LogP contribution is -2.38. The molecule has 2 heterocycles. The predicted octanol–water partition coefficient (Wildman–Crippen LogP) is 4.03. The Hall–Kier alpha value is -2.61. The number of carbonyl (C=O) groups is 1. The van der Waals surface area contributed by atoms with E-state index in [1.807, 2.05) is 49.9 Å². The summed E-state index contributed by atoms with van der Waals surface area (Å²) >= 11 is 0. The van der Waals surface area contributed by atoms with Crippen molar-refractivity contribution in [3.05, 3.63) is 42.6 Å². The Morgan fingerprint density at radius 1 is 1.19 bits per heavy atom. The van der Waals surface area contributed by atoms with Crippen LogP contribution in [0.15, 0.2) is 47.5 Å². The minimum absolute atomic E-state index is 0.0854. The zero-order chi connectivity index (χ0) is 23.3. The van der Waals surface area contributed by atoms with Crippen LogP contribution in [0.3, 0.4) is 0 Å². The van der Waals surface area contributed by atoms with E-state index in [2.05, 4.69) is 11.9 Å². The molecule has 0 radical (unpaired) electrons. The van der Waals surface area contributed by atoms with Crippen molar-refractivity contribution in [1.29, 1.82) is 0 Å². The van der Waals surface area contributed by atoms with Gasteiger partial charge in [0.05, 0.1) is 17.2 Å². The van der Waals surface area contributed by atoms with Crippen LogP contribution in [0, 0.1) is 17.3 Å². The van der Waals surface area contributed by atoms with Crippen LogP contribution < -0.4 is 4.74 Å². The number of amides is 1. The van der Waals surface area contributed by atoms with Crippen molar-refractivity contribution < 1.29 is 22.7 Å². The Labute approximate surface area is 189 Å². The van der Waals surface area contributed by atoms with Crippen molar-refractivity contribution in [3.63, 3.8) is 0 Å². The van der Waals surface area contributed by atoms with Gasteiger partial charge in [0.1, 0.15) is 11.4 Å². The zero-order valence-electron chi connectivity index (χ0n) is 19.2. The SMILES string of the molecule is CC(C)(C)OC(=O)N1CC2C(COc3ccc(-c4ccc(S(C)(=O)=O)cn4)cc3)C2(C)C1. The Balaban J connectivity index is 1.30. The summed E-state index contributed by atoms with van der Waals surface area (Å²) in [5.41, 5.74) is 1.20. The number of sulfone groups is 1. The first-order chi connectivity index (χ1) is 14.9. The molecule has 2 aliphatic rings. The first-order valence-corrected chi connectivity index (χ1v) is 12.6. The summed E-state index contributed by atoms with van der Waals surface area (Å²) in [7, 11) is -3.26. The molecule has 1 amide bonds. The fourth-order valence-corrected chi connectivity index (χ4v) is 5.06. The highest BCUT2D eigenvalue weighted by molar-refractivity contribution is 7.90. The van der Waals surface area contributed by atoms with E-state index < -0.39 is 15.4 Å². The van der Waals surface area contributed by atoms with Crippen LogP contribution in [-0.2, 0) is 14.6 Å². The molecule has 2 fully saturated rings. The van der Waals surface area contributed by atoms with Gasteiger partial charge in [-0.3, -0.25) is 4.98 Å². The number of nitrogens with zero attached hydrogens (tertiary/aromatic N) is 2. The Morgan fingerprint density at radius 3 is 2.38 bits per heavy atom. The highest BCUT2D eigenvalue weighted by Gasteiger charge is 2.67. The number of hydrogen-bond acceptors (Lipinski definition) is 6. The quantitative estimate of drug-likeness (QED) is 0.672. The highest BCUT2D eigenvalue weighted by atomic mass is 32.2. The van der Waals surface area contributed by atoms with E-state index in [-0.39, 0.29) is 16.4 Å². The Bertz CT molecular complexity index is 1110. The monoisotopic (exact) mass is 458 g/mol. The smallest absolute Gasteiger partial charge is 0.410 e. The minimum atomic E-state index is -3.26. The fraction of sp³-hybridized carbons (Fsp3) is 0.500. The molecule has 3 atom stereocenters. The number of benzene rings is 1. The van der Waals surface area contributed by atoms with Gasteiger partial charge in [-0.05, 0) is 68.5 Å². The van der Waals surface area contributed by atoms with E-state index in [4.69, 9.17) is 9.47 Å². The standard InChI is InChI=1S/C24H30N2O5S/c1-23(2,3)31-22(27)26-13-19-20(24(19,4)15-26)14-30-17-8-6-16(7-9-17)21-11-10-18(12-25-21)32(5,28)29/h6-12,19-20H,13-15H2,1-5H3. The molecule has 4 rings (SSSR count). The second-order valence-corrected chi connectivity index (χ2v) is 12.1. The first-order valence-electron chi connectivity index (χ1n) is 10.7. The van der Waals surface area contributed by atoms with Crippen LogP contribution in [0.4, 0.5) is 4.79 Å². The van der Waals surface area contributed by atoms with Crippen molar-refractivity contribution in [2.45, 2.75) is 38.2 Å². The molecule has 7 nitrogen and oxygen atoms in total. The average molecular weight is 459 g/mol.